The number of hydrogen-bond acceptors (Lipinski definition) is 7. The van der Waals surface area contributed by atoms with Gasteiger partial charge in [-0.3, -0.25) is 9.69 Å². The summed E-state index contributed by atoms with van der Waals surface area (Å²) in [5.74, 6) is -1.35. The fourth-order valence-corrected chi connectivity index (χ4v) is 5.02. The molecule has 0 aromatic heterocycles. The largest absolute Gasteiger partial charge is 0.477 e. The van der Waals surface area contributed by atoms with Crippen molar-refractivity contribution in [3.63, 3.8) is 0 Å². The van der Waals surface area contributed by atoms with E-state index in [9.17, 15) is 14.0 Å². The van der Waals surface area contributed by atoms with Crippen LogP contribution in [0.5, 0.6) is 0 Å². The van der Waals surface area contributed by atoms with Gasteiger partial charge in [-0.05, 0) is 17.7 Å². The van der Waals surface area contributed by atoms with E-state index in [4.69, 9.17) is 21.4 Å². The summed E-state index contributed by atoms with van der Waals surface area (Å²) in [5.41, 5.74) is 1.07. The lowest BCUT2D eigenvalue weighted by atomic mass is 10.2. The van der Waals surface area contributed by atoms with E-state index >= 15 is 0 Å². The quantitative estimate of drug-likeness (QED) is 0.542. The van der Waals surface area contributed by atoms with Gasteiger partial charge in [-0.15, -0.1) is 11.8 Å². The summed E-state index contributed by atoms with van der Waals surface area (Å²) in [6.07, 6.45) is -0.132. The van der Waals surface area contributed by atoms with Crippen molar-refractivity contribution in [1.29, 1.82) is 0 Å². The molecule has 2 aliphatic rings. The van der Waals surface area contributed by atoms with E-state index in [-0.39, 0.29) is 33.2 Å². The van der Waals surface area contributed by atoms with Crippen LogP contribution < -0.4 is 10.6 Å². The van der Waals surface area contributed by atoms with Crippen molar-refractivity contribution in [1.82, 2.24) is 15.5 Å². The molecule has 0 saturated carbocycles. The third kappa shape index (κ3) is 6.78. The van der Waals surface area contributed by atoms with Crippen molar-refractivity contribution < 1.29 is 23.8 Å². The van der Waals surface area contributed by atoms with E-state index in [1.54, 1.807) is 12.1 Å². The molecule has 2 atom stereocenters. The van der Waals surface area contributed by atoms with E-state index in [2.05, 4.69) is 15.5 Å². The number of carbonyl (C=O) groups is 2. The summed E-state index contributed by atoms with van der Waals surface area (Å²) >= 11 is 8.51. The Morgan fingerprint density at radius 1 is 1.48 bits per heavy atom. The van der Waals surface area contributed by atoms with E-state index in [1.165, 1.54) is 35.0 Å². The molecule has 2 heterocycles. The molecule has 3 rings (SSSR count). The second-order valence-electron chi connectivity index (χ2n) is 6.54. The van der Waals surface area contributed by atoms with Gasteiger partial charge in [0.25, 0.3) is 0 Å². The monoisotopic (exact) mass is 461 g/mol. The van der Waals surface area contributed by atoms with Crippen LogP contribution in [-0.2, 0) is 20.9 Å². The number of morpholine rings is 1. The number of nitrogens with zero attached hydrogens (tertiary/aromatic N) is 1. The number of ether oxygens (including phenoxy) is 1. The van der Waals surface area contributed by atoms with Crippen LogP contribution >= 0.6 is 35.1 Å². The average Bonchev–Trinajstić information content (AvgIpc) is 3.17. The first-order valence-electron chi connectivity index (χ1n) is 8.92. The van der Waals surface area contributed by atoms with Crippen LogP contribution in [0, 0.1) is 5.82 Å². The Morgan fingerprint density at radius 3 is 3.03 bits per heavy atom. The molecule has 1 unspecified atom stereocenters. The Hall–Kier alpha value is -1.46. The molecule has 7 nitrogen and oxygen atoms in total. The highest BCUT2D eigenvalue weighted by Gasteiger charge is 2.24. The van der Waals surface area contributed by atoms with Gasteiger partial charge in [0.15, 0.2) is 0 Å². The smallest absolute Gasteiger partial charge is 0.352 e. The van der Waals surface area contributed by atoms with Gasteiger partial charge in [0.05, 0.1) is 23.5 Å². The van der Waals surface area contributed by atoms with Crippen LogP contribution in [0.25, 0.3) is 0 Å². The van der Waals surface area contributed by atoms with Crippen LogP contribution in [0.15, 0.2) is 29.3 Å². The molecule has 2 aliphatic heterocycles. The van der Waals surface area contributed by atoms with Gasteiger partial charge in [-0.1, -0.05) is 29.4 Å². The van der Waals surface area contributed by atoms with E-state index < -0.39 is 11.8 Å². The summed E-state index contributed by atoms with van der Waals surface area (Å²) < 4.78 is 18.8. The first-order valence-corrected chi connectivity index (χ1v) is 11.3. The fraction of sp³-hybridized carbons (Fsp3) is 0.444. The molecule has 3 N–H and O–H groups in total. The molecule has 1 amide bonds. The van der Waals surface area contributed by atoms with Gasteiger partial charge >= 0.3 is 5.97 Å². The molecule has 0 radical (unpaired) electrons. The molecular formula is C18H21ClFN3O4S2. The van der Waals surface area contributed by atoms with E-state index in [0.717, 1.165) is 12.1 Å². The number of carbonyl (C=O) groups excluding carboxylic acids is 1. The highest BCUT2D eigenvalue weighted by atomic mass is 35.5. The predicted molar refractivity (Wildman–Crippen MR) is 112 cm³/mol. The number of hydrogen-bond donors (Lipinski definition) is 3. The number of aliphatic carboxylic acids is 1. The molecule has 1 aromatic rings. The van der Waals surface area contributed by atoms with Gasteiger partial charge in [-0.25, -0.2) is 9.18 Å². The van der Waals surface area contributed by atoms with Crippen molar-refractivity contribution in [2.75, 3.05) is 32.0 Å². The summed E-state index contributed by atoms with van der Waals surface area (Å²) in [6.45, 7) is 2.97. The minimum Gasteiger partial charge on any atom is -0.477 e. The van der Waals surface area contributed by atoms with Crippen molar-refractivity contribution >= 4 is 47.0 Å². The summed E-state index contributed by atoms with van der Waals surface area (Å²) in [5, 5.41) is 16.2. The first-order chi connectivity index (χ1) is 13.9. The zero-order valence-electron chi connectivity index (χ0n) is 15.4. The zero-order chi connectivity index (χ0) is 20.8. The third-order valence-corrected chi connectivity index (χ3v) is 6.94. The van der Waals surface area contributed by atoms with Crippen molar-refractivity contribution in [2.45, 2.75) is 17.4 Å². The summed E-state index contributed by atoms with van der Waals surface area (Å²) in [7, 11) is 0. The number of thioether (sulfide) groups is 2. The average molecular weight is 462 g/mol. The fourth-order valence-electron chi connectivity index (χ4n) is 2.89. The predicted octanol–water partition coefficient (Wildman–Crippen LogP) is 2.08. The Labute approximate surface area is 181 Å². The Morgan fingerprint density at radius 2 is 2.31 bits per heavy atom. The minimum absolute atomic E-state index is 0.109. The van der Waals surface area contributed by atoms with Crippen LogP contribution in [0.2, 0.25) is 5.02 Å². The Bertz CT molecular complexity index is 798. The number of nitrogens with one attached hydrogen (secondary N) is 2. The Kier molecular flexibility index (Phi) is 8.07. The van der Waals surface area contributed by atoms with Crippen LogP contribution in [0.1, 0.15) is 5.56 Å². The number of amides is 1. The number of carboxylic acids is 1. The number of rotatable bonds is 8. The molecule has 1 aromatic carbocycles. The minimum atomic E-state index is -1.01. The highest BCUT2D eigenvalue weighted by Crippen LogP contribution is 2.29. The second kappa shape index (κ2) is 10.5. The second-order valence-corrected chi connectivity index (χ2v) is 9.32. The molecule has 0 spiro atoms. The molecule has 158 valence electrons. The van der Waals surface area contributed by atoms with Gasteiger partial charge in [0, 0.05) is 31.6 Å². The number of benzene rings is 1. The molecule has 0 bridgehead atoms. The lowest BCUT2D eigenvalue weighted by Gasteiger charge is -2.33. The molecule has 11 heteroatoms. The SMILES string of the molecule is O=C(CSC1NC(C(=O)O)=CS1)NC[C@H]1CN(Cc2ccc(F)c(Cl)c2)CCO1. The van der Waals surface area contributed by atoms with Crippen molar-refractivity contribution in [2.24, 2.45) is 0 Å². The van der Waals surface area contributed by atoms with Crippen LogP contribution in [0.4, 0.5) is 4.39 Å². The first kappa shape index (κ1) is 22.2. The van der Waals surface area contributed by atoms with Gasteiger partial charge in [0.2, 0.25) is 5.91 Å². The molecule has 29 heavy (non-hydrogen) atoms. The number of carboxylic acid groups (broad SMARTS) is 1. The van der Waals surface area contributed by atoms with Gasteiger partial charge < -0.3 is 20.5 Å². The van der Waals surface area contributed by atoms with E-state index in [0.29, 0.717) is 26.2 Å². The highest BCUT2D eigenvalue weighted by molar-refractivity contribution is 8.18. The zero-order valence-corrected chi connectivity index (χ0v) is 17.8. The molecule has 1 fully saturated rings. The van der Waals surface area contributed by atoms with E-state index in [1.807, 2.05) is 0 Å². The maximum atomic E-state index is 13.3. The topological polar surface area (TPSA) is 90.9 Å². The van der Waals surface area contributed by atoms with Crippen molar-refractivity contribution in [3.05, 3.63) is 45.7 Å². The lowest BCUT2D eigenvalue weighted by molar-refractivity contribution is -0.133. The number of halogens is 2. The lowest BCUT2D eigenvalue weighted by Crippen LogP contribution is -2.47. The maximum absolute atomic E-state index is 13.3. The normalized spacial score (nSPS) is 22.1. The Balaban J connectivity index is 1.36. The van der Waals surface area contributed by atoms with Gasteiger partial charge in [0.1, 0.15) is 16.2 Å². The maximum Gasteiger partial charge on any atom is 0.352 e. The molecule has 1 saturated heterocycles. The third-order valence-electron chi connectivity index (χ3n) is 4.32. The molecular weight excluding hydrogens is 441 g/mol. The summed E-state index contributed by atoms with van der Waals surface area (Å²) in [6, 6.07) is 4.70. The van der Waals surface area contributed by atoms with Gasteiger partial charge in [-0.2, -0.15) is 0 Å². The van der Waals surface area contributed by atoms with Crippen LogP contribution in [-0.4, -0.2) is 64.7 Å². The molecule has 0 aliphatic carbocycles. The summed E-state index contributed by atoms with van der Waals surface area (Å²) in [4.78, 5) is 25.1. The van der Waals surface area contributed by atoms with Crippen molar-refractivity contribution in [3.8, 4) is 0 Å². The standard InChI is InChI=1S/C18H21ClFN3O4S2/c19-13-5-11(1-2-14(13)20)7-23-3-4-27-12(8-23)6-21-16(24)10-29-18-22-15(9-28-18)17(25)26/h1-2,5,9,12,18,22H,3-4,6-8,10H2,(H,21,24)(H,25,26)/t12-,18?/m0/s1. The van der Waals surface area contributed by atoms with Crippen LogP contribution in [0.3, 0.4) is 0 Å².